The van der Waals surface area contributed by atoms with E-state index in [0.717, 1.165) is 18.8 Å². The number of nitriles is 1. The molecule has 2 heteroatoms. The molecule has 0 N–H and O–H groups in total. The predicted molar refractivity (Wildman–Crippen MR) is 45.5 cm³/mol. The van der Waals surface area contributed by atoms with Gasteiger partial charge in [0.2, 0.25) is 0 Å². The Balaban J connectivity index is 2.06. The molecule has 3 unspecified atom stereocenters. The molecule has 0 bridgehead atoms. The fourth-order valence-corrected chi connectivity index (χ4v) is 2.31. The van der Waals surface area contributed by atoms with E-state index >= 15 is 0 Å². The zero-order chi connectivity index (χ0) is 8.60. The van der Waals surface area contributed by atoms with Gasteiger partial charge in [-0.05, 0) is 18.8 Å². The first-order chi connectivity index (χ1) is 5.80. The molecular formula is C10H15NO. The average molecular weight is 165 g/mol. The molecule has 0 radical (unpaired) electrons. The van der Waals surface area contributed by atoms with E-state index in [4.69, 9.17) is 10.00 Å². The Morgan fingerprint density at radius 3 is 3.08 bits per heavy atom. The number of epoxide rings is 1. The van der Waals surface area contributed by atoms with E-state index in [1.807, 2.05) is 0 Å². The van der Waals surface area contributed by atoms with Crippen molar-refractivity contribution in [3.63, 3.8) is 0 Å². The van der Waals surface area contributed by atoms with Gasteiger partial charge in [-0.3, -0.25) is 0 Å². The van der Waals surface area contributed by atoms with Gasteiger partial charge in [-0.15, -0.1) is 0 Å². The van der Waals surface area contributed by atoms with E-state index in [1.54, 1.807) is 0 Å². The van der Waals surface area contributed by atoms with Crippen LogP contribution < -0.4 is 0 Å². The van der Waals surface area contributed by atoms with E-state index < -0.39 is 0 Å². The Labute approximate surface area is 73.5 Å². The third-order valence-electron chi connectivity index (χ3n) is 3.25. The predicted octanol–water partition coefficient (Wildman–Crippen LogP) is 2.25. The molecule has 0 amide bonds. The number of nitrogens with zero attached hydrogens (tertiary/aromatic N) is 1. The van der Waals surface area contributed by atoms with Crippen molar-refractivity contribution < 1.29 is 4.74 Å². The second-order valence-electron chi connectivity index (χ2n) is 4.02. The maximum absolute atomic E-state index is 8.96. The molecule has 2 nitrogen and oxygen atoms in total. The van der Waals surface area contributed by atoms with Gasteiger partial charge in [0.15, 0.2) is 5.60 Å². The minimum atomic E-state index is -0.350. The highest BCUT2D eigenvalue weighted by Gasteiger charge is 2.58. The first-order valence-electron chi connectivity index (χ1n) is 4.90. The van der Waals surface area contributed by atoms with Gasteiger partial charge in [0.25, 0.3) is 0 Å². The highest BCUT2D eigenvalue weighted by molar-refractivity contribution is 5.19. The van der Waals surface area contributed by atoms with E-state index in [2.05, 4.69) is 13.0 Å². The molecular weight excluding hydrogens is 150 g/mol. The maximum Gasteiger partial charge on any atom is 0.180 e. The van der Waals surface area contributed by atoms with Crippen LogP contribution in [0, 0.1) is 17.2 Å². The second kappa shape index (κ2) is 2.74. The molecule has 1 aliphatic heterocycles. The third kappa shape index (κ3) is 1.13. The molecule has 1 saturated carbocycles. The fourth-order valence-electron chi connectivity index (χ4n) is 2.31. The van der Waals surface area contributed by atoms with Gasteiger partial charge in [-0.2, -0.15) is 5.26 Å². The van der Waals surface area contributed by atoms with Crippen molar-refractivity contribution in [2.24, 2.45) is 5.92 Å². The lowest BCUT2D eigenvalue weighted by Gasteiger charge is -2.12. The molecule has 0 aromatic heterocycles. The highest BCUT2D eigenvalue weighted by Crippen LogP contribution is 2.48. The summed E-state index contributed by atoms with van der Waals surface area (Å²) in [6.07, 6.45) is 6.08. The van der Waals surface area contributed by atoms with Crippen LogP contribution in [0.1, 0.15) is 39.0 Å². The smallest absolute Gasteiger partial charge is 0.180 e. The Morgan fingerprint density at radius 2 is 2.42 bits per heavy atom. The normalized spacial score (nSPS) is 45.7. The topological polar surface area (TPSA) is 36.3 Å². The molecule has 1 heterocycles. The summed E-state index contributed by atoms with van der Waals surface area (Å²) >= 11 is 0. The fraction of sp³-hybridized carbons (Fsp3) is 0.900. The van der Waals surface area contributed by atoms with Crippen LogP contribution in [0.2, 0.25) is 0 Å². The number of rotatable bonds is 1. The minimum absolute atomic E-state index is 0.277. The van der Waals surface area contributed by atoms with Crippen molar-refractivity contribution in [1.82, 2.24) is 0 Å². The SMILES string of the molecule is CCC1CCCC2OC2(C#N)C1. The zero-order valence-corrected chi connectivity index (χ0v) is 7.55. The lowest BCUT2D eigenvalue weighted by Crippen LogP contribution is -2.15. The van der Waals surface area contributed by atoms with Crippen LogP contribution >= 0.6 is 0 Å². The highest BCUT2D eigenvalue weighted by atomic mass is 16.6. The van der Waals surface area contributed by atoms with Crippen LogP contribution in [0.5, 0.6) is 0 Å². The molecule has 12 heavy (non-hydrogen) atoms. The zero-order valence-electron chi connectivity index (χ0n) is 7.55. The second-order valence-corrected chi connectivity index (χ2v) is 4.02. The van der Waals surface area contributed by atoms with Crippen LogP contribution in [0.15, 0.2) is 0 Å². The van der Waals surface area contributed by atoms with Crippen molar-refractivity contribution in [2.75, 3.05) is 0 Å². The van der Waals surface area contributed by atoms with Gasteiger partial charge in [0.1, 0.15) is 12.2 Å². The van der Waals surface area contributed by atoms with Gasteiger partial charge < -0.3 is 4.74 Å². The van der Waals surface area contributed by atoms with Crippen molar-refractivity contribution in [2.45, 2.75) is 50.7 Å². The number of ether oxygens (including phenoxy) is 1. The molecule has 3 atom stereocenters. The van der Waals surface area contributed by atoms with Gasteiger partial charge >= 0.3 is 0 Å². The minimum Gasteiger partial charge on any atom is -0.350 e. The van der Waals surface area contributed by atoms with Crippen LogP contribution in [0.4, 0.5) is 0 Å². The van der Waals surface area contributed by atoms with Gasteiger partial charge in [-0.1, -0.05) is 26.2 Å². The third-order valence-corrected chi connectivity index (χ3v) is 3.25. The van der Waals surface area contributed by atoms with Crippen LogP contribution in [0.25, 0.3) is 0 Å². The molecule has 1 saturated heterocycles. The summed E-state index contributed by atoms with van der Waals surface area (Å²) in [6, 6.07) is 2.34. The summed E-state index contributed by atoms with van der Waals surface area (Å²) in [5, 5.41) is 8.96. The van der Waals surface area contributed by atoms with E-state index in [0.29, 0.717) is 0 Å². The summed E-state index contributed by atoms with van der Waals surface area (Å²) in [5.74, 6) is 0.720. The van der Waals surface area contributed by atoms with Crippen LogP contribution in [0.3, 0.4) is 0 Å². The number of hydrogen-bond donors (Lipinski definition) is 0. The molecule has 0 spiro atoms. The summed E-state index contributed by atoms with van der Waals surface area (Å²) in [5.41, 5.74) is -0.350. The Morgan fingerprint density at radius 1 is 1.58 bits per heavy atom. The molecule has 0 aromatic rings. The van der Waals surface area contributed by atoms with Gasteiger partial charge in [0, 0.05) is 0 Å². The summed E-state index contributed by atoms with van der Waals surface area (Å²) in [6.45, 7) is 2.21. The Bertz CT molecular complexity index is 220. The Hall–Kier alpha value is -0.550. The summed E-state index contributed by atoms with van der Waals surface area (Å²) < 4.78 is 5.47. The van der Waals surface area contributed by atoms with E-state index in [9.17, 15) is 0 Å². The number of fused-ring (bicyclic) bond motifs is 1. The first-order valence-corrected chi connectivity index (χ1v) is 4.90. The number of hydrogen-bond acceptors (Lipinski definition) is 2. The molecule has 0 aromatic carbocycles. The molecule has 1 aliphatic carbocycles. The molecule has 66 valence electrons. The quantitative estimate of drug-likeness (QED) is 0.559. The maximum atomic E-state index is 8.96. The molecule has 2 rings (SSSR count). The standard InChI is InChI=1S/C10H15NO/c1-2-8-4-3-5-9-10(6-8,7-11)12-9/h8-9H,2-6H2,1H3. The van der Waals surface area contributed by atoms with E-state index in [-0.39, 0.29) is 11.7 Å². The van der Waals surface area contributed by atoms with Crippen molar-refractivity contribution in [1.29, 1.82) is 5.26 Å². The van der Waals surface area contributed by atoms with E-state index in [1.165, 1.54) is 19.3 Å². The monoisotopic (exact) mass is 165 g/mol. The summed E-state index contributed by atoms with van der Waals surface area (Å²) in [4.78, 5) is 0. The Kier molecular flexibility index (Phi) is 1.84. The average Bonchev–Trinajstić information content (AvgIpc) is 2.76. The van der Waals surface area contributed by atoms with Gasteiger partial charge in [0.05, 0.1) is 0 Å². The lowest BCUT2D eigenvalue weighted by atomic mass is 9.92. The van der Waals surface area contributed by atoms with Crippen LogP contribution in [-0.2, 0) is 4.74 Å². The first kappa shape index (κ1) is 8.07. The largest absolute Gasteiger partial charge is 0.350 e. The van der Waals surface area contributed by atoms with Crippen molar-refractivity contribution >= 4 is 0 Å². The van der Waals surface area contributed by atoms with Crippen molar-refractivity contribution in [3.8, 4) is 6.07 Å². The molecule has 2 aliphatic rings. The summed E-state index contributed by atoms with van der Waals surface area (Å²) in [7, 11) is 0. The van der Waals surface area contributed by atoms with Gasteiger partial charge in [-0.25, -0.2) is 0 Å². The van der Waals surface area contributed by atoms with Crippen molar-refractivity contribution in [3.05, 3.63) is 0 Å². The van der Waals surface area contributed by atoms with Crippen LogP contribution in [-0.4, -0.2) is 11.7 Å². The molecule has 2 fully saturated rings. The lowest BCUT2D eigenvalue weighted by molar-refractivity contribution is 0.262.